The Morgan fingerprint density at radius 3 is 2.55 bits per heavy atom. The number of sulfonamides is 1. The number of hydrogen-bond donors (Lipinski definition) is 1. The van der Waals surface area contributed by atoms with Crippen LogP contribution in [0.1, 0.15) is 13.8 Å². The number of thioether (sulfide) groups is 1. The van der Waals surface area contributed by atoms with Gasteiger partial charge in [0.05, 0.1) is 17.6 Å². The number of amides is 1. The van der Waals surface area contributed by atoms with Crippen LogP contribution in [0.2, 0.25) is 0 Å². The van der Waals surface area contributed by atoms with Crippen molar-refractivity contribution in [3.05, 3.63) is 42.5 Å². The normalized spacial score (nSPS) is 14.2. The van der Waals surface area contributed by atoms with Crippen LogP contribution in [-0.4, -0.2) is 45.6 Å². The standard InChI is InChI=1S/C20H24N2O5S2/c1-4-28-19-8-6-5-7-16(19)21-20(23)14(2)22(29(3,24)25)15-9-10-17-18(13-15)27-12-11-26-17/h5-10,13-14H,4,11-12H2,1-3H3,(H,21,23)/t14-/m0/s1. The van der Waals surface area contributed by atoms with Gasteiger partial charge in [0, 0.05) is 11.0 Å². The maximum atomic E-state index is 12.9. The Bertz CT molecular complexity index is 994. The van der Waals surface area contributed by atoms with Crippen molar-refractivity contribution < 1.29 is 22.7 Å². The summed E-state index contributed by atoms with van der Waals surface area (Å²) in [6.07, 6.45) is 1.08. The lowest BCUT2D eigenvalue weighted by Gasteiger charge is -2.29. The highest BCUT2D eigenvalue weighted by atomic mass is 32.2. The Balaban J connectivity index is 1.89. The number of benzene rings is 2. The maximum absolute atomic E-state index is 12.9. The average Bonchev–Trinajstić information content (AvgIpc) is 2.68. The largest absolute Gasteiger partial charge is 0.486 e. The minimum absolute atomic E-state index is 0.343. The van der Waals surface area contributed by atoms with Crippen LogP contribution in [0, 0.1) is 0 Å². The molecule has 0 aliphatic carbocycles. The molecule has 2 aromatic rings. The number of fused-ring (bicyclic) bond motifs is 1. The molecule has 0 radical (unpaired) electrons. The van der Waals surface area contributed by atoms with Crippen molar-refractivity contribution in [3.63, 3.8) is 0 Å². The van der Waals surface area contributed by atoms with E-state index in [1.807, 2.05) is 25.1 Å². The van der Waals surface area contributed by atoms with E-state index in [-0.39, 0.29) is 0 Å². The quantitative estimate of drug-likeness (QED) is 0.670. The third kappa shape index (κ3) is 4.97. The fraction of sp³-hybridized carbons (Fsp3) is 0.350. The van der Waals surface area contributed by atoms with Gasteiger partial charge in [0.15, 0.2) is 11.5 Å². The van der Waals surface area contributed by atoms with Gasteiger partial charge in [-0.1, -0.05) is 19.1 Å². The summed E-state index contributed by atoms with van der Waals surface area (Å²) >= 11 is 1.60. The van der Waals surface area contributed by atoms with Crippen LogP contribution in [0.4, 0.5) is 11.4 Å². The lowest BCUT2D eigenvalue weighted by Crippen LogP contribution is -2.45. The first-order chi connectivity index (χ1) is 13.8. The molecule has 1 aliphatic heterocycles. The molecule has 1 heterocycles. The van der Waals surface area contributed by atoms with Gasteiger partial charge in [-0.2, -0.15) is 0 Å². The van der Waals surface area contributed by atoms with Crippen LogP contribution in [0.5, 0.6) is 11.5 Å². The van der Waals surface area contributed by atoms with Crippen LogP contribution >= 0.6 is 11.8 Å². The summed E-state index contributed by atoms with van der Waals surface area (Å²) in [4.78, 5) is 13.9. The fourth-order valence-electron chi connectivity index (χ4n) is 3.07. The predicted molar refractivity (Wildman–Crippen MR) is 116 cm³/mol. The summed E-state index contributed by atoms with van der Waals surface area (Å²) in [5.41, 5.74) is 1.00. The molecule has 2 aromatic carbocycles. The molecule has 29 heavy (non-hydrogen) atoms. The summed E-state index contributed by atoms with van der Waals surface area (Å²) in [6.45, 7) is 4.41. The van der Waals surface area contributed by atoms with E-state index >= 15 is 0 Å². The van der Waals surface area contributed by atoms with Crippen molar-refractivity contribution >= 4 is 39.1 Å². The molecule has 156 valence electrons. The first kappa shape index (κ1) is 21.3. The number of anilines is 2. The van der Waals surface area contributed by atoms with Crippen molar-refractivity contribution in [2.75, 3.05) is 34.8 Å². The number of carbonyl (C=O) groups excluding carboxylic acids is 1. The van der Waals surface area contributed by atoms with Gasteiger partial charge >= 0.3 is 0 Å². The van der Waals surface area contributed by atoms with Gasteiger partial charge < -0.3 is 14.8 Å². The van der Waals surface area contributed by atoms with E-state index < -0.39 is 22.0 Å². The van der Waals surface area contributed by atoms with Gasteiger partial charge in [-0.05, 0) is 36.9 Å². The summed E-state index contributed by atoms with van der Waals surface area (Å²) < 4.78 is 37.2. The number of hydrogen-bond acceptors (Lipinski definition) is 6. The topological polar surface area (TPSA) is 84.9 Å². The van der Waals surface area contributed by atoms with Crippen LogP contribution in [0.15, 0.2) is 47.4 Å². The van der Waals surface area contributed by atoms with Gasteiger partial charge in [-0.3, -0.25) is 9.10 Å². The van der Waals surface area contributed by atoms with Gasteiger partial charge in [0.1, 0.15) is 19.3 Å². The Labute approximate surface area is 175 Å². The molecule has 0 bridgehead atoms. The van der Waals surface area contributed by atoms with E-state index in [4.69, 9.17) is 9.47 Å². The summed E-state index contributed by atoms with van der Waals surface area (Å²) in [7, 11) is -3.73. The molecule has 1 atom stereocenters. The third-order valence-corrected chi connectivity index (χ3v) is 6.51. The highest BCUT2D eigenvalue weighted by Gasteiger charge is 2.30. The Morgan fingerprint density at radius 2 is 1.86 bits per heavy atom. The van der Waals surface area contributed by atoms with Gasteiger partial charge in [-0.25, -0.2) is 8.42 Å². The second-order valence-corrected chi connectivity index (χ2v) is 9.65. The van der Waals surface area contributed by atoms with Crippen molar-refractivity contribution in [2.24, 2.45) is 0 Å². The second-order valence-electron chi connectivity index (χ2n) is 6.48. The van der Waals surface area contributed by atoms with E-state index in [1.54, 1.807) is 43.0 Å². The van der Waals surface area contributed by atoms with Crippen molar-refractivity contribution in [3.8, 4) is 11.5 Å². The summed E-state index contributed by atoms with van der Waals surface area (Å²) in [5, 5.41) is 2.86. The molecule has 0 unspecified atom stereocenters. The molecule has 0 saturated carbocycles. The molecular weight excluding hydrogens is 412 g/mol. The second kappa shape index (κ2) is 8.96. The molecule has 0 saturated heterocycles. The zero-order valence-corrected chi connectivity index (χ0v) is 18.2. The van der Waals surface area contributed by atoms with E-state index in [9.17, 15) is 13.2 Å². The minimum Gasteiger partial charge on any atom is -0.486 e. The van der Waals surface area contributed by atoms with Crippen molar-refractivity contribution in [2.45, 2.75) is 24.8 Å². The number of rotatable bonds is 7. The van der Waals surface area contributed by atoms with Gasteiger partial charge in [0.25, 0.3) is 0 Å². The summed E-state index contributed by atoms with van der Waals surface area (Å²) in [5.74, 6) is 1.44. The molecule has 7 nitrogen and oxygen atoms in total. The molecule has 1 amide bonds. The maximum Gasteiger partial charge on any atom is 0.248 e. The van der Waals surface area contributed by atoms with Crippen molar-refractivity contribution in [1.29, 1.82) is 0 Å². The fourth-order valence-corrected chi connectivity index (χ4v) is 4.99. The van der Waals surface area contributed by atoms with E-state index in [0.717, 1.165) is 21.2 Å². The molecule has 3 rings (SSSR count). The lowest BCUT2D eigenvalue weighted by atomic mass is 10.2. The Hall–Kier alpha value is -2.39. The number of nitrogens with zero attached hydrogens (tertiary/aromatic N) is 1. The third-order valence-electron chi connectivity index (χ3n) is 4.31. The van der Waals surface area contributed by atoms with Crippen LogP contribution in [0.3, 0.4) is 0 Å². The van der Waals surface area contributed by atoms with Crippen LogP contribution in [0.25, 0.3) is 0 Å². The van der Waals surface area contributed by atoms with Crippen LogP contribution in [-0.2, 0) is 14.8 Å². The first-order valence-electron chi connectivity index (χ1n) is 9.23. The predicted octanol–water partition coefficient (Wildman–Crippen LogP) is 3.36. The van der Waals surface area contributed by atoms with Gasteiger partial charge in [0.2, 0.25) is 15.9 Å². The molecule has 0 spiro atoms. The first-order valence-corrected chi connectivity index (χ1v) is 12.1. The van der Waals surface area contributed by atoms with E-state index in [2.05, 4.69) is 5.32 Å². The molecule has 0 fully saturated rings. The molecule has 1 aliphatic rings. The van der Waals surface area contributed by atoms with E-state index in [0.29, 0.717) is 36.1 Å². The van der Waals surface area contributed by atoms with Crippen LogP contribution < -0.4 is 19.1 Å². The number of carbonyl (C=O) groups is 1. The van der Waals surface area contributed by atoms with Crippen molar-refractivity contribution in [1.82, 2.24) is 0 Å². The molecular formula is C20H24N2O5S2. The minimum atomic E-state index is -3.73. The average molecular weight is 437 g/mol. The summed E-state index contributed by atoms with van der Waals surface area (Å²) in [6, 6.07) is 11.3. The molecule has 0 aromatic heterocycles. The smallest absolute Gasteiger partial charge is 0.248 e. The van der Waals surface area contributed by atoms with E-state index in [1.165, 1.54) is 0 Å². The van der Waals surface area contributed by atoms with Gasteiger partial charge in [-0.15, -0.1) is 11.8 Å². The monoisotopic (exact) mass is 436 g/mol. The number of para-hydroxylation sites is 1. The zero-order chi connectivity index (χ0) is 21.0. The molecule has 9 heteroatoms. The Morgan fingerprint density at radius 1 is 1.17 bits per heavy atom. The molecule has 1 N–H and O–H groups in total. The Kier molecular flexibility index (Phi) is 6.59. The highest BCUT2D eigenvalue weighted by Crippen LogP contribution is 2.35. The number of nitrogens with one attached hydrogen (secondary N) is 1. The lowest BCUT2D eigenvalue weighted by molar-refractivity contribution is -0.116. The number of ether oxygens (including phenoxy) is 2. The SMILES string of the molecule is CCSc1ccccc1NC(=O)[C@H](C)N(c1ccc2c(c1)OCCO2)S(C)(=O)=O. The zero-order valence-electron chi connectivity index (χ0n) is 16.5. The highest BCUT2D eigenvalue weighted by molar-refractivity contribution is 7.99.